The predicted octanol–water partition coefficient (Wildman–Crippen LogP) is 0.268. The highest BCUT2D eigenvalue weighted by Gasteiger charge is 2.08. The molecule has 6 nitrogen and oxygen atoms in total. The van der Waals surface area contributed by atoms with Crippen LogP contribution in [0.15, 0.2) is 4.99 Å². The minimum absolute atomic E-state index is 0. The molecule has 19 heavy (non-hydrogen) atoms. The lowest BCUT2D eigenvalue weighted by atomic mass is 10.3. The van der Waals surface area contributed by atoms with E-state index in [0.717, 1.165) is 52.2 Å². The number of unbranched alkanes of at least 4 members (excludes halogenated alkanes) is 1. The number of aliphatic imine (C=N–C) groups is 1. The van der Waals surface area contributed by atoms with Crippen LogP contribution in [0.4, 0.5) is 0 Å². The van der Waals surface area contributed by atoms with E-state index in [1.807, 2.05) is 0 Å². The number of methoxy groups -OCH3 is 1. The van der Waals surface area contributed by atoms with Crippen molar-refractivity contribution in [3.8, 4) is 0 Å². The van der Waals surface area contributed by atoms with Gasteiger partial charge in [-0.1, -0.05) is 0 Å². The Bertz CT molecular complexity index is 236. The molecule has 1 rings (SSSR count). The highest BCUT2D eigenvalue weighted by atomic mass is 127. The molecule has 0 unspecified atom stereocenters. The van der Waals surface area contributed by atoms with E-state index in [2.05, 4.69) is 15.2 Å². The molecule has 0 radical (unpaired) electrons. The first-order valence-corrected chi connectivity index (χ1v) is 6.66. The Hall–Kier alpha value is -0.120. The van der Waals surface area contributed by atoms with E-state index < -0.39 is 0 Å². The zero-order valence-corrected chi connectivity index (χ0v) is 14.1. The van der Waals surface area contributed by atoms with Crippen molar-refractivity contribution in [2.24, 2.45) is 10.7 Å². The SMILES string of the molecule is COCCNC(N)=NCCCCN1CCOCC1.I. The van der Waals surface area contributed by atoms with Crippen molar-refractivity contribution in [2.45, 2.75) is 12.8 Å². The molecule has 0 aromatic carbocycles. The summed E-state index contributed by atoms with van der Waals surface area (Å²) < 4.78 is 10.2. The number of halogens is 1. The van der Waals surface area contributed by atoms with E-state index in [-0.39, 0.29) is 24.0 Å². The monoisotopic (exact) mass is 386 g/mol. The lowest BCUT2D eigenvalue weighted by Crippen LogP contribution is -2.37. The molecular formula is C12H27IN4O2. The number of nitrogens with zero attached hydrogens (tertiary/aromatic N) is 2. The lowest BCUT2D eigenvalue weighted by Gasteiger charge is -2.26. The number of nitrogens with one attached hydrogen (secondary N) is 1. The normalized spacial score (nSPS) is 17.0. The molecule has 0 saturated carbocycles. The number of hydrogen-bond acceptors (Lipinski definition) is 4. The number of ether oxygens (including phenoxy) is 2. The summed E-state index contributed by atoms with van der Waals surface area (Å²) in [5, 5.41) is 3.00. The maximum Gasteiger partial charge on any atom is 0.188 e. The fraction of sp³-hybridized carbons (Fsp3) is 0.917. The minimum Gasteiger partial charge on any atom is -0.383 e. The summed E-state index contributed by atoms with van der Waals surface area (Å²) in [4.78, 5) is 6.70. The first-order chi connectivity index (χ1) is 8.83. The predicted molar refractivity (Wildman–Crippen MR) is 88.3 cm³/mol. The van der Waals surface area contributed by atoms with Crippen LogP contribution in [-0.4, -0.2) is 70.5 Å². The molecule has 7 heteroatoms. The Morgan fingerprint density at radius 2 is 2.11 bits per heavy atom. The highest BCUT2D eigenvalue weighted by Crippen LogP contribution is 2.00. The molecule has 114 valence electrons. The molecule has 0 aromatic rings. The molecule has 1 aliphatic heterocycles. The molecule has 0 aromatic heterocycles. The summed E-state index contributed by atoms with van der Waals surface area (Å²) >= 11 is 0. The number of nitrogens with two attached hydrogens (primary N) is 1. The maximum atomic E-state index is 5.70. The summed E-state index contributed by atoms with van der Waals surface area (Å²) in [6.07, 6.45) is 2.23. The van der Waals surface area contributed by atoms with Crippen LogP contribution < -0.4 is 11.1 Å². The van der Waals surface area contributed by atoms with Crippen LogP contribution >= 0.6 is 24.0 Å². The quantitative estimate of drug-likeness (QED) is 0.271. The molecule has 1 fully saturated rings. The largest absolute Gasteiger partial charge is 0.383 e. The van der Waals surface area contributed by atoms with E-state index in [0.29, 0.717) is 19.1 Å². The highest BCUT2D eigenvalue weighted by molar-refractivity contribution is 14.0. The summed E-state index contributed by atoms with van der Waals surface area (Å²) in [5.74, 6) is 0.512. The molecule has 1 heterocycles. The second-order valence-electron chi connectivity index (χ2n) is 4.35. The zero-order valence-electron chi connectivity index (χ0n) is 11.8. The van der Waals surface area contributed by atoms with Crippen LogP contribution in [-0.2, 0) is 9.47 Å². The summed E-state index contributed by atoms with van der Waals surface area (Å²) in [6, 6.07) is 0. The molecule has 3 N–H and O–H groups in total. The van der Waals surface area contributed by atoms with Crippen LogP contribution in [0.3, 0.4) is 0 Å². The topological polar surface area (TPSA) is 72.1 Å². The van der Waals surface area contributed by atoms with Gasteiger partial charge in [-0.05, 0) is 19.4 Å². The Morgan fingerprint density at radius 3 is 2.79 bits per heavy atom. The Morgan fingerprint density at radius 1 is 1.37 bits per heavy atom. The van der Waals surface area contributed by atoms with Gasteiger partial charge in [0, 0.05) is 33.3 Å². The van der Waals surface area contributed by atoms with Gasteiger partial charge in [0.15, 0.2) is 5.96 Å². The van der Waals surface area contributed by atoms with Crippen LogP contribution in [0.1, 0.15) is 12.8 Å². The van der Waals surface area contributed by atoms with Crippen LogP contribution in [0, 0.1) is 0 Å². The number of rotatable bonds is 8. The van der Waals surface area contributed by atoms with Crippen molar-refractivity contribution in [1.82, 2.24) is 10.2 Å². The molecule has 0 spiro atoms. The molecule has 0 amide bonds. The molecular weight excluding hydrogens is 359 g/mol. The first-order valence-electron chi connectivity index (χ1n) is 6.66. The van der Waals surface area contributed by atoms with E-state index in [4.69, 9.17) is 15.2 Å². The van der Waals surface area contributed by atoms with Gasteiger partial charge in [0.05, 0.1) is 19.8 Å². The summed E-state index contributed by atoms with van der Waals surface area (Å²) in [6.45, 7) is 7.13. The average Bonchev–Trinajstić information content (AvgIpc) is 2.40. The van der Waals surface area contributed by atoms with Gasteiger partial charge in [0.25, 0.3) is 0 Å². The summed E-state index contributed by atoms with van der Waals surface area (Å²) in [7, 11) is 1.67. The van der Waals surface area contributed by atoms with E-state index in [9.17, 15) is 0 Å². The van der Waals surface area contributed by atoms with Gasteiger partial charge in [0.2, 0.25) is 0 Å². The van der Waals surface area contributed by atoms with E-state index in [1.165, 1.54) is 0 Å². The number of guanidine groups is 1. The molecule has 0 atom stereocenters. The molecule has 1 aliphatic rings. The number of hydrogen-bond donors (Lipinski definition) is 2. The van der Waals surface area contributed by atoms with Gasteiger partial charge in [-0.15, -0.1) is 24.0 Å². The van der Waals surface area contributed by atoms with Crippen molar-refractivity contribution >= 4 is 29.9 Å². The Labute approximate surface area is 133 Å². The number of morpholine rings is 1. The van der Waals surface area contributed by atoms with Crippen molar-refractivity contribution < 1.29 is 9.47 Å². The van der Waals surface area contributed by atoms with E-state index >= 15 is 0 Å². The smallest absolute Gasteiger partial charge is 0.188 e. The van der Waals surface area contributed by atoms with Gasteiger partial charge in [-0.2, -0.15) is 0 Å². The third-order valence-corrected chi connectivity index (χ3v) is 2.88. The van der Waals surface area contributed by atoms with Gasteiger partial charge in [-0.25, -0.2) is 0 Å². The third kappa shape index (κ3) is 10.3. The first kappa shape index (κ1) is 18.9. The minimum atomic E-state index is 0. The fourth-order valence-electron chi connectivity index (χ4n) is 1.81. The Balaban J connectivity index is 0.00000324. The molecule has 0 aliphatic carbocycles. The van der Waals surface area contributed by atoms with Gasteiger partial charge < -0.3 is 20.5 Å². The summed E-state index contributed by atoms with van der Waals surface area (Å²) in [5.41, 5.74) is 5.70. The Kier molecular flexibility index (Phi) is 12.8. The lowest BCUT2D eigenvalue weighted by molar-refractivity contribution is 0.0373. The second-order valence-corrected chi connectivity index (χ2v) is 4.35. The van der Waals surface area contributed by atoms with Gasteiger partial charge in [-0.3, -0.25) is 9.89 Å². The van der Waals surface area contributed by atoms with Gasteiger partial charge in [0.1, 0.15) is 0 Å². The maximum absolute atomic E-state index is 5.70. The van der Waals surface area contributed by atoms with Crippen molar-refractivity contribution in [2.75, 3.05) is 59.7 Å². The standard InChI is InChI=1S/C12H26N4O2.HI/c1-17-9-5-15-12(13)14-4-2-3-6-16-7-10-18-11-8-16;/h2-11H2,1H3,(H3,13,14,15);1H. The van der Waals surface area contributed by atoms with Crippen molar-refractivity contribution in [3.63, 3.8) is 0 Å². The van der Waals surface area contributed by atoms with E-state index in [1.54, 1.807) is 7.11 Å². The fourth-order valence-corrected chi connectivity index (χ4v) is 1.81. The molecule has 0 bridgehead atoms. The van der Waals surface area contributed by atoms with Gasteiger partial charge >= 0.3 is 0 Å². The van der Waals surface area contributed by atoms with Crippen molar-refractivity contribution in [1.29, 1.82) is 0 Å². The molecule has 1 saturated heterocycles. The average molecular weight is 386 g/mol. The van der Waals surface area contributed by atoms with Crippen LogP contribution in [0.5, 0.6) is 0 Å². The van der Waals surface area contributed by atoms with Crippen molar-refractivity contribution in [3.05, 3.63) is 0 Å². The second kappa shape index (κ2) is 12.9. The third-order valence-electron chi connectivity index (χ3n) is 2.88. The van der Waals surface area contributed by atoms with Crippen LogP contribution in [0.2, 0.25) is 0 Å². The van der Waals surface area contributed by atoms with Crippen LogP contribution in [0.25, 0.3) is 0 Å². The zero-order chi connectivity index (χ0) is 13.1.